The van der Waals surface area contributed by atoms with Crippen LogP contribution < -0.4 is 4.74 Å². The highest BCUT2D eigenvalue weighted by Gasteiger charge is 2.31. The number of alkyl halides is 3. The molecule has 0 heterocycles. The van der Waals surface area contributed by atoms with Gasteiger partial charge in [-0.3, -0.25) is 4.79 Å². The fraction of sp³-hybridized carbons (Fsp3) is 0.188. The highest BCUT2D eigenvalue weighted by atomic mass is 19.4. The number of benzene rings is 2. The van der Waals surface area contributed by atoms with Gasteiger partial charge >= 0.3 is 6.18 Å². The minimum atomic E-state index is -4.52. The highest BCUT2D eigenvalue weighted by Crippen LogP contribution is 2.33. The Bertz CT molecular complexity index is 621. The Morgan fingerprint density at radius 3 is 2.33 bits per heavy atom. The van der Waals surface area contributed by atoms with Crippen molar-refractivity contribution in [3.63, 3.8) is 0 Å². The Hall–Kier alpha value is -2.30. The van der Waals surface area contributed by atoms with E-state index in [-0.39, 0.29) is 11.3 Å². The first kappa shape index (κ1) is 15.1. The molecule has 0 fully saturated rings. The van der Waals surface area contributed by atoms with E-state index in [1.165, 1.54) is 6.07 Å². The average Bonchev–Trinajstić information content (AvgIpc) is 2.46. The molecule has 0 aliphatic heterocycles. The van der Waals surface area contributed by atoms with E-state index < -0.39 is 17.8 Å². The van der Waals surface area contributed by atoms with Crippen LogP contribution in [0, 0.1) is 0 Å². The number of halogens is 3. The number of ether oxygens (including phenoxy) is 1. The number of rotatable bonds is 4. The number of aldehydes is 1. The monoisotopic (exact) mass is 294 g/mol. The summed E-state index contributed by atoms with van der Waals surface area (Å²) in [5.41, 5.74) is -0.134. The van der Waals surface area contributed by atoms with E-state index in [1.54, 1.807) is 6.92 Å². The van der Waals surface area contributed by atoms with Crippen LogP contribution in [0.4, 0.5) is 13.2 Å². The zero-order chi connectivity index (χ0) is 15.5. The lowest BCUT2D eigenvalue weighted by molar-refractivity contribution is -0.137. The van der Waals surface area contributed by atoms with Crippen LogP contribution in [0.3, 0.4) is 0 Å². The summed E-state index contributed by atoms with van der Waals surface area (Å²) in [5.74, 6) is 0.0169. The first-order valence-electron chi connectivity index (χ1n) is 6.29. The molecule has 0 saturated heterocycles. The van der Waals surface area contributed by atoms with Crippen molar-refractivity contribution in [2.75, 3.05) is 0 Å². The summed E-state index contributed by atoms with van der Waals surface area (Å²) in [5, 5.41) is 0. The molecule has 1 atom stereocenters. The summed E-state index contributed by atoms with van der Waals surface area (Å²) in [6.45, 7) is 1.73. The van der Waals surface area contributed by atoms with Gasteiger partial charge in [0.15, 0.2) is 0 Å². The molecule has 2 nitrogen and oxygen atoms in total. The van der Waals surface area contributed by atoms with Crippen LogP contribution in [-0.2, 0) is 6.18 Å². The van der Waals surface area contributed by atoms with E-state index in [4.69, 9.17) is 4.74 Å². The second-order valence-electron chi connectivity index (χ2n) is 4.58. The van der Waals surface area contributed by atoms with Crippen molar-refractivity contribution in [2.45, 2.75) is 19.2 Å². The zero-order valence-corrected chi connectivity index (χ0v) is 11.2. The summed E-state index contributed by atoms with van der Waals surface area (Å²) in [4.78, 5) is 10.8. The molecular weight excluding hydrogens is 281 g/mol. The van der Waals surface area contributed by atoms with Crippen LogP contribution in [0.2, 0.25) is 0 Å². The normalized spacial score (nSPS) is 12.8. The third-order valence-corrected chi connectivity index (χ3v) is 2.97. The van der Waals surface area contributed by atoms with Crippen molar-refractivity contribution in [3.8, 4) is 5.75 Å². The SMILES string of the molecule is CC(Oc1cc(C=O)cc(C(F)(F)F)c1)c1ccccc1. The molecule has 0 bridgehead atoms. The van der Waals surface area contributed by atoms with Crippen LogP contribution >= 0.6 is 0 Å². The fourth-order valence-corrected chi connectivity index (χ4v) is 1.92. The van der Waals surface area contributed by atoms with Gasteiger partial charge in [-0.05, 0) is 30.7 Å². The second kappa shape index (κ2) is 5.99. The van der Waals surface area contributed by atoms with Gasteiger partial charge in [0.25, 0.3) is 0 Å². The Morgan fingerprint density at radius 1 is 1.10 bits per heavy atom. The summed E-state index contributed by atoms with van der Waals surface area (Å²) < 4.78 is 43.8. The highest BCUT2D eigenvalue weighted by molar-refractivity contribution is 5.76. The molecule has 110 valence electrons. The smallest absolute Gasteiger partial charge is 0.416 e. The standard InChI is InChI=1S/C16H13F3O2/c1-11(13-5-3-2-4-6-13)21-15-8-12(10-20)7-14(9-15)16(17,18)19/h2-11H,1H3. The minimum absolute atomic E-state index is 0.0169. The maximum atomic E-state index is 12.8. The second-order valence-corrected chi connectivity index (χ2v) is 4.58. The molecule has 0 radical (unpaired) electrons. The predicted molar refractivity (Wildman–Crippen MR) is 72.3 cm³/mol. The van der Waals surface area contributed by atoms with Crippen molar-refractivity contribution in [3.05, 3.63) is 65.2 Å². The van der Waals surface area contributed by atoms with Crippen molar-refractivity contribution in [1.82, 2.24) is 0 Å². The number of carbonyl (C=O) groups excluding carboxylic acids is 1. The molecule has 0 amide bonds. The molecule has 0 spiro atoms. The molecule has 2 aromatic carbocycles. The topological polar surface area (TPSA) is 26.3 Å². The van der Waals surface area contributed by atoms with Crippen molar-refractivity contribution in [1.29, 1.82) is 0 Å². The van der Waals surface area contributed by atoms with Gasteiger partial charge in [0.2, 0.25) is 0 Å². The maximum Gasteiger partial charge on any atom is 0.416 e. The van der Waals surface area contributed by atoms with Gasteiger partial charge in [-0.15, -0.1) is 0 Å². The van der Waals surface area contributed by atoms with Crippen molar-refractivity contribution in [2.24, 2.45) is 0 Å². The van der Waals surface area contributed by atoms with E-state index in [0.717, 1.165) is 17.7 Å². The third kappa shape index (κ3) is 3.84. The largest absolute Gasteiger partial charge is 0.486 e. The minimum Gasteiger partial charge on any atom is -0.486 e. The summed E-state index contributed by atoms with van der Waals surface area (Å²) in [6, 6.07) is 12.1. The first-order valence-corrected chi connectivity index (χ1v) is 6.29. The Morgan fingerprint density at radius 2 is 1.76 bits per heavy atom. The quantitative estimate of drug-likeness (QED) is 0.767. The molecule has 0 aromatic heterocycles. The Balaban J connectivity index is 2.29. The van der Waals surface area contributed by atoms with Crippen LogP contribution in [-0.4, -0.2) is 6.29 Å². The molecule has 5 heteroatoms. The van der Waals surface area contributed by atoms with Crippen LogP contribution in [0.1, 0.15) is 34.5 Å². The lowest BCUT2D eigenvalue weighted by Gasteiger charge is -2.17. The lowest BCUT2D eigenvalue weighted by atomic mass is 10.1. The van der Waals surface area contributed by atoms with E-state index in [9.17, 15) is 18.0 Å². The van der Waals surface area contributed by atoms with E-state index in [0.29, 0.717) is 6.29 Å². The molecule has 0 aliphatic rings. The van der Waals surface area contributed by atoms with E-state index in [1.807, 2.05) is 30.3 Å². The first-order chi connectivity index (χ1) is 9.90. The zero-order valence-electron chi connectivity index (χ0n) is 11.2. The van der Waals surface area contributed by atoms with E-state index in [2.05, 4.69) is 0 Å². The maximum absolute atomic E-state index is 12.8. The van der Waals surface area contributed by atoms with Crippen LogP contribution in [0.15, 0.2) is 48.5 Å². The van der Waals surface area contributed by atoms with Gasteiger partial charge in [-0.2, -0.15) is 13.2 Å². The predicted octanol–water partition coefficient (Wildman–Crippen LogP) is 4.66. The third-order valence-electron chi connectivity index (χ3n) is 2.97. The van der Waals surface area contributed by atoms with Gasteiger partial charge in [0.05, 0.1) is 5.56 Å². The summed E-state index contributed by atoms with van der Waals surface area (Å²) >= 11 is 0. The number of hydrogen-bond donors (Lipinski definition) is 0. The van der Waals surface area contributed by atoms with Crippen molar-refractivity contribution < 1.29 is 22.7 Å². The van der Waals surface area contributed by atoms with Gasteiger partial charge in [0, 0.05) is 5.56 Å². The van der Waals surface area contributed by atoms with Gasteiger partial charge in [0.1, 0.15) is 18.1 Å². The molecule has 0 N–H and O–H groups in total. The van der Waals surface area contributed by atoms with Gasteiger partial charge < -0.3 is 4.74 Å². The fourth-order valence-electron chi connectivity index (χ4n) is 1.92. The molecule has 1 unspecified atom stereocenters. The molecule has 2 rings (SSSR count). The number of carbonyl (C=O) groups is 1. The van der Waals surface area contributed by atoms with Crippen molar-refractivity contribution >= 4 is 6.29 Å². The van der Waals surface area contributed by atoms with E-state index >= 15 is 0 Å². The lowest BCUT2D eigenvalue weighted by Crippen LogP contribution is -2.08. The number of hydrogen-bond acceptors (Lipinski definition) is 2. The average molecular weight is 294 g/mol. The summed E-state index contributed by atoms with van der Waals surface area (Å²) in [6.07, 6.45) is -4.57. The Labute approximate surface area is 120 Å². The summed E-state index contributed by atoms with van der Waals surface area (Å²) in [7, 11) is 0. The molecule has 0 aliphatic carbocycles. The van der Waals surface area contributed by atoms with Crippen LogP contribution in [0.25, 0.3) is 0 Å². The van der Waals surface area contributed by atoms with Gasteiger partial charge in [-0.1, -0.05) is 30.3 Å². The molecule has 0 saturated carbocycles. The van der Waals surface area contributed by atoms with Crippen LogP contribution in [0.5, 0.6) is 5.75 Å². The Kier molecular flexibility index (Phi) is 4.31. The van der Waals surface area contributed by atoms with Gasteiger partial charge in [-0.25, -0.2) is 0 Å². The molecule has 2 aromatic rings. The molecule has 21 heavy (non-hydrogen) atoms. The molecular formula is C16H13F3O2.